The Morgan fingerprint density at radius 3 is 2.80 bits per heavy atom. The summed E-state index contributed by atoms with van der Waals surface area (Å²) in [6, 6.07) is 15.0. The minimum Gasteiger partial charge on any atom is -0.337 e. The molecule has 4 rings (SSSR count). The first-order chi connectivity index (χ1) is 12.2. The molecule has 0 N–H and O–H groups in total. The first-order valence-corrected chi connectivity index (χ1v) is 8.18. The summed E-state index contributed by atoms with van der Waals surface area (Å²) in [7, 11) is 0. The molecule has 0 aliphatic carbocycles. The number of rotatable bonds is 3. The van der Waals surface area contributed by atoms with Gasteiger partial charge in [0.1, 0.15) is 11.9 Å². The van der Waals surface area contributed by atoms with Gasteiger partial charge in [-0.3, -0.25) is 4.79 Å². The predicted molar refractivity (Wildman–Crippen MR) is 89.1 cm³/mol. The van der Waals surface area contributed by atoms with Crippen LogP contribution in [0.3, 0.4) is 0 Å². The lowest BCUT2D eigenvalue weighted by atomic mass is 10.1. The minimum atomic E-state index is -0.425. The third kappa shape index (κ3) is 3.03. The van der Waals surface area contributed by atoms with Crippen molar-refractivity contribution in [1.29, 1.82) is 0 Å². The average molecular weight is 337 g/mol. The molecule has 1 aromatic heterocycles. The maximum Gasteiger partial charge on any atom is 0.254 e. The van der Waals surface area contributed by atoms with Crippen LogP contribution < -0.4 is 0 Å². The molecule has 0 bridgehead atoms. The number of carbonyl (C=O) groups excluding carboxylic acids is 1. The highest BCUT2D eigenvalue weighted by Gasteiger charge is 2.34. The molecular weight excluding hydrogens is 321 g/mol. The van der Waals surface area contributed by atoms with Crippen molar-refractivity contribution in [2.45, 2.75) is 18.9 Å². The molecule has 1 aliphatic rings. The zero-order chi connectivity index (χ0) is 17.2. The van der Waals surface area contributed by atoms with Gasteiger partial charge >= 0.3 is 0 Å². The van der Waals surface area contributed by atoms with Gasteiger partial charge in [0.15, 0.2) is 0 Å². The number of hydrogen-bond donors (Lipinski definition) is 0. The van der Waals surface area contributed by atoms with Gasteiger partial charge < -0.3 is 9.42 Å². The number of nitrogens with zero attached hydrogens (tertiary/aromatic N) is 3. The van der Waals surface area contributed by atoms with Gasteiger partial charge in [0.25, 0.3) is 5.91 Å². The average Bonchev–Trinajstić information content (AvgIpc) is 3.31. The van der Waals surface area contributed by atoms with Crippen molar-refractivity contribution in [3.8, 4) is 11.4 Å². The Hall–Kier alpha value is -3.02. The number of aromatic nitrogens is 2. The third-order valence-corrected chi connectivity index (χ3v) is 4.34. The van der Waals surface area contributed by atoms with Crippen LogP contribution in [-0.4, -0.2) is 27.5 Å². The van der Waals surface area contributed by atoms with Gasteiger partial charge in [-0.15, -0.1) is 0 Å². The van der Waals surface area contributed by atoms with Crippen LogP contribution in [0.5, 0.6) is 0 Å². The molecular formula is C19H16FN3O2. The lowest BCUT2D eigenvalue weighted by Gasteiger charge is -2.21. The van der Waals surface area contributed by atoms with E-state index in [0.717, 1.165) is 18.4 Å². The van der Waals surface area contributed by atoms with E-state index in [-0.39, 0.29) is 11.9 Å². The summed E-state index contributed by atoms with van der Waals surface area (Å²) < 4.78 is 18.8. The minimum absolute atomic E-state index is 0.221. The molecule has 1 aliphatic heterocycles. The zero-order valence-corrected chi connectivity index (χ0v) is 13.4. The zero-order valence-electron chi connectivity index (χ0n) is 13.4. The van der Waals surface area contributed by atoms with Crippen LogP contribution in [0.4, 0.5) is 4.39 Å². The highest BCUT2D eigenvalue weighted by molar-refractivity contribution is 5.94. The number of benzene rings is 2. The normalized spacial score (nSPS) is 17.0. The molecule has 1 amide bonds. The van der Waals surface area contributed by atoms with Crippen molar-refractivity contribution in [3.63, 3.8) is 0 Å². The van der Waals surface area contributed by atoms with Gasteiger partial charge in [-0.2, -0.15) is 4.98 Å². The Bertz CT molecular complexity index is 894. The van der Waals surface area contributed by atoms with Crippen LogP contribution in [0.25, 0.3) is 11.4 Å². The van der Waals surface area contributed by atoms with E-state index in [1.165, 1.54) is 18.2 Å². The van der Waals surface area contributed by atoms with Crippen LogP contribution >= 0.6 is 0 Å². The van der Waals surface area contributed by atoms with Crippen LogP contribution in [0.1, 0.15) is 35.1 Å². The van der Waals surface area contributed by atoms with E-state index in [0.29, 0.717) is 23.8 Å². The van der Waals surface area contributed by atoms with E-state index < -0.39 is 5.82 Å². The predicted octanol–water partition coefficient (Wildman–Crippen LogP) is 3.85. The van der Waals surface area contributed by atoms with E-state index in [4.69, 9.17) is 4.52 Å². The molecule has 25 heavy (non-hydrogen) atoms. The van der Waals surface area contributed by atoms with E-state index >= 15 is 0 Å². The molecule has 5 nitrogen and oxygen atoms in total. The Morgan fingerprint density at radius 1 is 1.16 bits per heavy atom. The number of hydrogen-bond acceptors (Lipinski definition) is 4. The molecule has 0 spiro atoms. The quantitative estimate of drug-likeness (QED) is 0.728. The fourth-order valence-corrected chi connectivity index (χ4v) is 3.13. The maximum atomic E-state index is 13.4. The van der Waals surface area contributed by atoms with Crippen LogP contribution in [-0.2, 0) is 0 Å². The smallest absolute Gasteiger partial charge is 0.254 e. The SMILES string of the molecule is O=C(c1cccc(F)c1)N1CCC[C@@H]1c1nc(-c2ccccc2)no1. The van der Waals surface area contributed by atoms with E-state index in [2.05, 4.69) is 10.1 Å². The second kappa shape index (κ2) is 6.47. The fraction of sp³-hybridized carbons (Fsp3) is 0.211. The second-order valence-electron chi connectivity index (χ2n) is 5.99. The Balaban J connectivity index is 1.60. The summed E-state index contributed by atoms with van der Waals surface area (Å²) in [6.45, 7) is 0.586. The number of amides is 1. The molecule has 0 unspecified atom stereocenters. The summed E-state index contributed by atoms with van der Waals surface area (Å²) in [5.74, 6) is 0.272. The topological polar surface area (TPSA) is 59.2 Å². The van der Waals surface area contributed by atoms with E-state index in [1.54, 1.807) is 11.0 Å². The summed E-state index contributed by atoms with van der Waals surface area (Å²) in [5.41, 5.74) is 1.19. The molecule has 0 radical (unpaired) electrons. The summed E-state index contributed by atoms with van der Waals surface area (Å²) in [6.07, 6.45) is 1.59. The standard InChI is InChI=1S/C19H16FN3O2/c20-15-9-4-8-14(12-15)19(24)23-11-5-10-16(23)18-21-17(22-25-18)13-6-2-1-3-7-13/h1-4,6-9,12,16H,5,10-11H2/t16-/m1/s1. The molecule has 6 heteroatoms. The van der Waals surface area contributed by atoms with Gasteiger partial charge in [-0.25, -0.2) is 4.39 Å². The van der Waals surface area contributed by atoms with Gasteiger partial charge in [0.2, 0.25) is 11.7 Å². The van der Waals surface area contributed by atoms with Gasteiger partial charge in [0.05, 0.1) is 0 Å². The molecule has 126 valence electrons. The van der Waals surface area contributed by atoms with Crippen LogP contribution in [0.2, 0.25) is 0 Å². The van der Waals surface area contributed by atoms with Gasteiger partial charge in [-0.1, -0.05) is 41.6 Å². The summed E-state index contributed by atoms with van der Waals surface area (Å²) in [5, 5.41) is 4.03. The highest BCUT2D eigenvalue weighted by atomic mass is 19.1. The first-order valence-electron chi connectivity index (χ1n) is 8.18. The second-order valence-corrected chi connectivity index (χ2v) is 5.99. The maximum absolute atomic E-state index is 13.4. The lowest BCUT2D eigenvalue weighted by Crippen LogP contribution is -2.30. The van der Waals surface area contributed by atoms with Crippen molar-refractivity contribution in [2.75, 3.05) is 6.54 Å². The lowest BCUT2D eigenvalue weighted by molar-refractivity contribution is 0.0709. The largest absolute Gasteiger partial charge is 0.337 e. The summed E-state index contributed by atoms with van der Waals surface area (Å²) in [4.78, 5) is 18.9. The first kappa shape index (κ1) is 15.5. The number of likely N-dealkylation sites (tertiary alicyclic amines) is 1. The highest BCUT2D eigenvalue weighted by Crippen LogP contribution is 2.33. The van der Waals surface area contributed by atoms with E-state index in [1.807, 2.05) is 30.3 Å². The van der Waals surface area contributed by atoms with Crippen molar-refractivity contribution in [1.82, 2.24) is 15.0 Å². The monoisotopic (exact) mass is 337 g/mol. The van der Waals surface area contributed by atoms with Crippen LogP contribution in [0, 0.1) is 5.82 Å². The van der Waals surface area contributed by atoms with Crippen LogP contribution in [0.15, 0.2) is 59.1 Å². The molecule has 1 atom stereocenters. The molecule has 1 fully saturated rings. The summed E-state index contributed by atoms with van der Waals surface area (Å²) >= 11 is 0. The fourth-order valence-electron chi connectivity index (χ4n) is 3.13. The Labute approximate surface area is 144 Å². The Morgan fingerprint density at radius 2 is 2.00 bits per heavy atom. The Kier molecular flexibility index (Phi) is 4.01. The molecule has 2 heterocycles. The van der Waals surface area contributed by atoms with E-state index in [9.17, 15) is 9.18 Å². The van der Waals surface area contributed by atoms with Crippen molar-refractivity contribution < 1.29 is 13.7 Å². The molecule has 0 saturated carbocycles. The number of carbonyl (C=O) groups is 1. The van der Waals surface area contributed by atoms with Crippen molar-refractivity contribution in [2.24, 2.45) is 0 Å². The number of halogens is 1. The molecule has 2 aromatic carbocycles. The van der Waals surface area contributed by atoms with Crippen molar-refractivity contribution >= 4 is 5.91 Å². The molecule has 1 saturated heterocycles. The molecule has 3 aromatic rings. The van der Waals surface area contributed by atoms with Gasteiger partial charge in [-0.05, 0) is 31.0 Å². The third-order valence-electron chi connectivity index (χ3n) is 4.34. The van der Waals surface area contributed by atoms with Gasteiger partial charge in [0, 0.05) is 17.7 Å². The van der Waals surface area contributed by atoms with Crippen molar-refractivity contribution in [3.05, 3.63) is 71.9 Å².